The SMILES string of the molecule is Cc1cc(NC(=O)NCC2CCCN2CC(F)F)sn1. The first-order valence-electron chi connectivity index (χ1n) is 6.55. The summed E-state index contributed by atoms with van der Waals surface area (Å²) in [6.45, 7) is 2.69. The molecule has 2 rings (SSSR count). The summed E-state index contributed by atoms with van der Waals surface area (Å²) >= 11 is 1.21. The third-order valence-electron chi connectivity index (χ3n) is 3.23. The van der Waals surface area contributed by atoms with Gasteiger partial charge in [-0.15, -0.1) is 0 Å². The Balaban J connectivity index is 1.75. The minimum Gasteiger partial charge on any atom is -0.336 e. The second-order valence-electron chi connectivity index (χ2n) is 4.85. The number of amides is 2. The first kappa shape index (κ1) is 15.1. The number of carbonyl (C=O) groups is 1. The van der Waals surface area contributed by atoms with Crippen LogP contribution in [0.2, 0.25) is 0 Å². The highest BCUT2D eigenvalue weighted by Gasteiger charge is 2.26. The van der Waals surface area contributed by atoms with Gasteiger partial charge in [0.25, 0.3) is 6.43 Å². The van der Waals surface area contributed by atoms with E-state index in [0.717, 1.165) is 18.5 Å². The van der Waals surface area contributed by atoms with E-state index in [9.17, 15) is 13.6 Å². The second-order valence-corrected chi connectivity index (χ2v) is 5.65. The van der Waals surface area contributed by atoms with Crippen molar-refractivity contribution >= 4 is 22.6 Å². The summed E-state index contributed by atoms with van der Waals surface area (Å²) in [4.78, 5) is 13.4. The van der Waals surface area contributed by atoms with Crippen molar-refractivity contribution < 1.29 is 13.6 Å². The van der Waals surface area contributed by atoms with Gasteiger partial charge in [-0.3, -0.25) is 10.2 Å². The number of aryl methyl sites for hydroxylation is 1. The first-order chi connectivity index (χ1) is 9.54. The third kappa shape index (κ3) is 4.38. The van der Waals surface area contributed by atoms with E-state index in [4.69, 9.17) is 0 Å². The maximum Gasteiger partial charge on any atom is 0.319 e. The van der Waals surface area contributed by atoms with Crippen LogP contribution in [-0.4, -0.2) is 47.4 Å². The molecule has 8 heteroatoms. The zero-order valence-electron chi connectivity index (χ0n) is 11.2. The summed E-state index contributed by atoms with van der Waals surface area (Å²) in [7, 11) is 0. The molecule has 0 saturated carbocycles. The van der Waals surface area contributed by atoms with Crippen LogP contribution in [0, 0.1) is 6.92 Å². The van der Waals surface area contributed by atoms with Crippen molar-refractivity contribution in [2.24, 2.45) is 0 Å². The van der Waals surface area contributed by atoms with E-state index in [-0.39, 0.29) is 18.6 Å². The molecule has 1 atom stereocenters. The Morgan fingerprint density at radius 3 is 3.10 bits per heavy atom. The van der Waals surface area contributed by atoms with Crippen LogP contribution in [0.25, 0.3) is 0 Å². The number of anilines is 1. The van der Waals surface area contributed by atoms with E-state index in [1.807, 2.05) is 6.92 Å². The van der Waals surface area contributed by atoms with Crippen molar-refractivity contribution in [3.63, 3.8) is 0 Å². The van der Waals surface area contributed by atoms with Crippen molar-refractivity contribution in [3.8, 4) is 0 Å². The van der Waals surface area contributed by atoms with Crippen molar-refractivity contribution in [1.82, 2.24) is 14.6 Å². The lowest BCUT2D eigenvalue weighted by atomic mass is 10.2. The number of rotatable bonds is 5. The smallest absolute Gasteiger partial charge is 0.319 e. The fourth-order valence-electron chi connectivity index (χ4n) is 2.33. The minimum atomic E-state index is -2.33. The van der Waals surface area contributed by atoms with Gasteiger partial charge in [-0.05, 0) is 43.9 Å². The normalized spacial score (nSPS) is 19.5. The Morgan fingerprint density at radius 2 is 2.45 bits per heavy atom. The summed E-state index contributed by atoms with van der Waals surface area (Å²) in [5.74, 6) is 0. The first-order valence-corrected chi connectivity index (χ1v) is 7.32. The van der Waals surface area contributed by atoms with Gasteiger partial charge in [0.2, 0.25) is 0 Å². The van der Waals surface area contributed by atoms with Crippen LogP contribution in [0.5, 0.6) is 0 Å². The Hall–Kier alpha value is -1.28. The summed E-state index contributed by atoms with van der Waals surface area (Å²) in [5.41, 5.74) is 0.851. The van der Waals surface area contributed by atoms with Gasteiger partial charge in [0.1, 0.15) is 5.00 Å². The molecule has 0 radical (unpaired) electrons. The number of hydrogen-bond acceptors (Lipinski definition) is 4. The van der Waals surface area contributed by atoms with Crippen LogP contribution in [0.15, 0.2) is 6.07 Å². The lowest BCUT2D eigenvalue weighted by Crippen LogP contribution is -2.43. The van der Waals surface area contributed by atoms with E-state index >= 15 is 0 Å². The van der Waals surface area contributed by atoms with Crippen molar-refractivity contribution in [2.45, 2.75) is 32.2 Å². The molecule has 0 bridgehead atoms. The summed E-state index contributed by atoms with van der Waals surface area (Å²) in [6, 6.07) is 1.46. The lowest BCUT2D eigenvalue weighted by Gasteiger charge is -2.24. The number of nitrogens with zero attached hydrogens (tertiary/aromatic N) is 2. The molecule has 1 aliphatic heterocycles. The molecule has 112 valence electrons. The highest BCUT2D eigenvalue weighted by molar-refractivity contribution is 7.10. The molecule has 1 saturated heterocycles. The van der Waals surface area contributed by atoms with Gasteiger partial charge in [0.15, 0.2) is 0 Å². The standard InChI is InChI=1S/C12H18F2N4OS/c1-8-5-11(20-17-8)16-12(19)15-6-9-3-2-4-18(9)7-10(13)14/h5,9-10H,2-4,6-7H2,1H3,(H2,15,16,19). The maximum atomic E-state index is 12.4. The van der Waals surface area contributed by atoms with Gasteiger partial charge >= 0.3 is 6.03 Å². The molecule has 1 aromatic heterocycles. The quantitative estimate of drug-likeness (QED) is 0.877. The van der Waals surface area contributed by atoms with Crippen LogP contribution >= 0.6 is 11.5 Å². The highest BCUT2D eigenvalue weighted by Crippen LogP contribution is 2.18. The average Bonchev–Trinajstić information content (AvgIpc) is 2.96. The molecule has 0 aliphatic carbocycles. The van der Waals surface area contributed by atoms with Crippen LogP contribution in [0.1, 0.15) is 18.5 Å². The van der Waals surface area contributed by atoms with Gasteiger partial charge in [-0.2, -0.15) is 4.37 Å². The van der Waals surface area contributed by atoms with Crippen molar-refractivity contribution in [2.75, 3.05) is 25.0 Å². The summed E-state index contributed by atoms with van der Waals surface area (Å²) in [5, 5.41) is 6.09. The van der Waals surface area contributed by atoms with Crippen molar-refractivity contribution in [1.29, 1.82) is 0 Å². The molecule has 1 unspecified atom stereocenters. The molecule has 2 heterocycles. The zero-order valence-corrected chi connectivity index (χ0v) is 12.1. The van der Waals surface area contributed by atoms with Gasteiger partial charge in [-0.1, -0.05) is 0 Å². The van der Waals surface area contributed by atoms with E-state index < -0.39 is 6.43 Å². The number of carbonyl (C=O) groups excluding carboxylic acids is 1. The maximum absolute atomic E-state index is 12.4. The number of urea groups is 1. The predicted octanol–water partition coefficient (Wildman–Crippen LogP) is 2.30. The van der Waals surface area contributed by atoms with Gasteiger partial charge in [0, 0.05) is 12.6 Å². The molecular formula is C12H18F2N4OS. The van der Waals surface area contributed by atoms with E-state index in [2.05, 4.69) is 15.0 Å². The number of halogens is 2. The summed E-state index contributed by atoms with van der Waals surface area (Å²) in [6.07, 6.45) is -0.592. The molecular weight excluding hydrogens is 286 g/mol. The van der Waals surface area contributed by atoms with Crippen LogP contribution in [0.3, 0.4) is 0 Å². The monoisotopic (exact) mass is 304 g/mol. The third-order valence-corrected chi connectivity index (χ3v) is 4.03. The molecule has 1 aromatic rings. The van der Waals surface area contributed by atoms with E-state index in [0.29, 0.717) is 18.1 Å². The number of alkyl halides is 2. The van der Waals surface area contributed by atoms with Gasteiger partial charge in [0.05, 0.1) is 12.2 Å². The second kappa shape index (κ2) is 6.94. The molecule has 5 nitrogen and oxygen atoms in total. The fraction of sp³-hybridized carbons (Fsp3) is 0.667. The highest BCUT2D eigenvalue weighted by atomic mass is 32.1. The van der Waals surface area contributed by atoms with Crippen LogP contribution in [0.4, 0.5) is 18.6 Å². The largest absolute Gasteiger partial charge is 0.336 e. The molecule has 1 aliphatic rings. The Labute approximate surface area is 120 Å². The molecule has 0 spiro atoms. The number of likely N-dealkylation sites (tertiary alicyclic amines) is 1. The van der Waals surface area contributed by atoms with Crippen LogP contribution in [-0.2, 0) is 0 Å². The molecule has 0 aromatic carbocycles. The van der Waals surface area contributed by atoms with Gasteiger partial charge in [-0.25, -0.2) is 13.6 Å². The van der Waals surface area contributed by atoms with E-state index in [1.54, 1.807) is 11.0 Å². The Morgan fingerprint density at radius 1 is 1.65 bits per heavy atom. The van der Waals surface area contributed by atoms with Crippen molar-refractivity contribution in [3.05, 3.63) is 11.8 Å². The Kier molecular flexibility index (Phi) is 5.24. The molecule has 20 heavy (non-hydrogen) atoms. The predicted molar refractivity (Wildman–Crippen MR) is 74.5 cm³/mol. The van der Waals surface area contributed by atoms with Gasteiger partial charge < -0.3 is 5.32 Å². The zero-order chi connectivity index (χ0) is 14.5. The number of nitrogens with one attached hydrogen (secondary N) is 2. The summed E-state index contributed by atoms with van der Waals surface area (Å²) < 4.78 is 28.9. The molecule has 2 N–H and O–H groups in total. The minimum absolute atomic E-state index is 0.00190. The molecule has 1 fully saturated rings. The fourth-order valence-corrected chi connectivity index (χ4v) is 2.99. The number of hydrogen-bond donors (Lipinski definition) is 2. The topological polar surface area (TPSA) is 57.3 Å². The Bertz CT molecular complexity index is 454. The average molecular weight is 304 g/mol. The molecule has 2 amide bonds. The lowest BCUT2D eigenvalue weighted by molar-refractivity contribution is 0.0826. The number of aromatic nitrogens is 1. The van der Waals surface area contributed by atoms with E-state index in [1.165, 1.54) is 11.5 Å². The van der Waals surface area contributed by atoms with Crippen LogP contribution < -0.4 is 10.6 Å².